The van der Waals surface area contributed by atoms with Crippen LogP contribution in [-0.4, -0.2) is 17.1 Å². The molecule has 1 amide bonds. The standard InChI is InChI=1S/C15H17ClN2O4/c16-13-8-11(5-6-12(13)14(9-19)18(21)22)17-15(20)7-10-3-1-2-4-10/h5-6,8-10,14H,1-4,7H2,(H,17,20). The molecule has 1 N–H and O–H groups in total. The number of hydrogen-bond donors (Lipinski definition) is 1. The molecule has 118 valence electrons. The molecule has 1 aliphatic carbocycles. The van der Waals surface area contributed by atoms with Crippen molar-refractivity contribution in [3.05, 3.63) is 38.9 Å². The lowest BCUT2D eigenvalue weighted by molar-refractivity contribution is -0.511. The van der Waals surface area contributed by atoms with Gasteiger partial charge in [0, 0.05) is 17.0 Å². The highest BCUT2D eigenvalue weighted by Gasteiger charge is 2.25. The summed E-state index contributed by atoms with van der Waals surface area (Å²) in [6, 6.07) is 2.86. The molecule has 1 atom stereocenters. The van der Waals surface area contributed by atoms with Gasteiger partial charge < -0.3 is 5.32 Å². The van der Waals surface area contributed by atoms with Crippen LogP contribution in [0.5, 0.6) is 0 Å². The number of nitrogens with zero attached hydrogens (tertiary/aromatic N) is 1. The molecule has 1 fully saturated rings. The highest BCUT2D eigenvalue weighted by atomic mass is 35.5. The fourth-order valence-electron chi connectivity index (χ4n) is 2.77. The molecule has 0 bridgehead atoms. The second kappa shape index (κ2) is 7.35. The van der Waals surface area contributed by atoms with E-state index in [0.717, 1.165) is 12.8 Å². The van der Waals surface area contributed by atoms with Crippen molar-refractivity contribution in [3.63, 3.8) is 0 Å². The highest BCUT2D eigenvalue weighted by Crippen LogP contribution is 2.29. The summed E-state index contributed by atoms with van der Waals surface area (Å²) in [5.41, 5.74) is 0.597. The van der Waals surface area contributed by atoms with Crippen LogP contribution in [0.15, 0.2) is 18.2 Å². The number of rotatable bonds is 6. The number of anilines is 1. The summed E-state index contributed by atoms with van der Waals surface area (Å²) >= 11 is 5.99. The first-order valence-corrected chi connectivity index (χ1v) is 7.57. The smallest absolute Gasteiger partial charge is 0.293 e. The van der Waals surface area contributed by atoms with E-state index < -0.39 is 11.0 Å². The second-order valence-corrected chi connectivity index (χ2v) is 5.91. The number of amides is 1. The maximum absolute atomic E-state index is 11.9. The predicted molar refractivity (Wildman–Crippen MR) is 82.5 cm³/mol. The van der Waals surface area contributed by atoms with Crippen LogP contribution in [0, 0.1) is 16.0 Å². The Kier molecular flexibility index (Phi) is 5.49. The summed E-state index contributed by atoms with van der Waals surface area (Å²) in [4.78, 5) is 32.8. The molecule has 0 spiro atoms. The van der Waals surface area contributed by atoms with E-state index >= 15 is 0 Å². The molecule has 7 heteroatoms. The Morgan fingerprint density at radius 2 is 2.14 bits per heavy atom. The van der Waals surface area contributed by atoms with Gasteiger partial charge in [0.25, 0.3) is 6.04 Å². The van der Waals surface area contributed by atoms with Crippen LogP contribution < -0.4 is 5.32 Å². The first-order valence-electron chi connectivity index (χ1n) is 7.19. The summed E-state index contributed by atoms with van der Waals surface area (Å²) < 4.78 is 0. The molecule has 1 aliphatic rings. The van der Waals surface area contributed by atoms with Crippen molar-refractivity contribution in [1.82, 2.24) is 0 Å². The summed E-state index contributed by atoms with van der Waals surface area (Å²) in [6.45, 7) is 0. The van der Waals surface area contributed by atoms with Crippen molar-refractivity contribution >= 4 is 29.5 Å². The average molecular weight is 325 g/mol. The van der Waals surface area contributed by atoms with Crippen molar-refractivity contribution in [2.24, 2.45) is 5.92 Å². The van der Waals surface area contributed by atoms with E-state index in [1.807, 2.05) is 0 Å². The minimum atomic E-state index is -1.49. The van der Waals surface area contributed by atoms with Crippen molar-refractivity contribution in [2.75, 3.05) is 5.32 Å². The SMILES string of the molecule is O=CC(c1ccc(NC(=O)CC2CCCC2)cc1Cl)[N+](=O)[O-]. The largest absolute Gasteiger partial charge is 0.326 e. The van der Waals surface area contributed by atoms with Gasteiger partial charge in [-0.1, -0.05) is 24.4 Å². The van der Waals surface area contributed by atoms with Gasteiger partial charge in [-0.2, -0.15) is 0 Å². The van der Waals surface area contributed by atoms with Crippen LogP contribution in [0.1, 0.15) is 43.7 Å². The zero-order valence-corrected chi connectivity index (χ0v) is 12.7. The second-order valence-electron chi connectivity index (χ2n) is 5.51. The Hall–Kier alpha value is -1.95. The van der Waals surface area contributed by atoms with Gasteiger partial charge in [0.1, 0.15) is 0 Å². The summed E-state index contributed by atoms with van der Waals surface area (Å²) in [5.74, 6) is 0.348. The van der Waals surface area contributed by atoms with E-state index in [1.165, 1.54) is 31.0 Å². The number of carbonyl (C=O) groups is 2. The van der Waals surface area contributed by atoms with Gasteiger partial charge in [-0.05, 0) is 37.0 Å². The van der Waals surface area contributed by atoms with Crippen molar-refractivity contribution in [1.29, 1.82) is 0 Å². The van der Waals surface area contributed by atoms with Gasteiger partial charge >= 0.3 is 0 Å². The number of carbonyl (C=O) groups excluding carboxylic acids is 2. The average Bonchev–Trinajstić information content (AvgIpc) is 2.94. The van der Waals surface area contributed by atoms with Gasteiger partial charge in [-0.3, -0.25) is 19.7 Å². The third-order valence-corrected chi connectivity index (χ3v) is 4.24. The Bertz CT molecular complexity index is 585. The van der Waals surface area contributed by atoms with Crippen molar-refractivity contribution in [3.8, 4) is 0 Å². The molecule has 22 heavy (non-hydrogen) atoms. The topological polar surface area (TPSA) is 89.3 Å². The molecule has 1 saturated carbocycles. The maximum Gasteiger partial charge on any atom is 0.293 e. The van der Waals surface area contributed by atoms with Gasteiger partial charge in [0.2, 0.25) is 5.91 Å². The van der Waals surface area contributed by atoms with E-state index in [-0.39, 0.29) is 22.8 Å². The van der Waals surface area contributed by atoms with Crippen LogP contribution in [0.3, 0.4) is 0 Å². The maximum atomic E-state index is 11.9. The van der Waals surface area contributed by atoms with Gasteiger partial charge in [-0.25, -0.2) is 0 Å². The van der Waals surface area contributed by atoms with Crippen molar-refractivity contribution < 1.29 is 14.5 Å². The van der Waals surface area contributed by atoms with Gasteiger partial charge in [-0.15, -0.1) is 0 Å². The van der Waals surface area contributed by atoms with Crippen LogP contribution in [-0.2, 0) is 9.59 Å². The van der Waals surface area contributed by atoms with Crippen LogP contribution in [0.2, 0.25) is 5.02 Å². The number of halogens is 1. The Labute approximate surface area is 133 Å². The zero-order chi connectivity index (χ0) is 16.1. The molecule has 0 saturated heterocycles. The van der Waals surface area contributed by atoms with E-state index in [1.54, 1.807) is 0 Å². The van der Waals surface area contributed by atoms with Crippen LogP contribution in [0.25, 0.3) is 0 Å². The molecular weight excluding hydrogens is 308 g/mol. The minimum Gasteiger partial charge on any atom is -0.326 e. The molecule has 1 aromatic rings. The molecule has 0 aliphatic heterocycles. The molecule has 1 aromatic carbocycles. The third-order valence-electron chi connectivity index (χ3n) is 3.91. The Morgan fingerprint density at radius 3 is 2.68 bits per heavy atom. The lowest BCUT2D eigenvalue weighted by Gasteiger charge is -2.11. The number of aldehydes is 1. The fraction of sp³-hybridized carbons (Fsp3) is 0.467. The Morgan fingerprint density at radius 1 is 1.45 bits per heavy atom. The van der Waals surface area contributed by atoms with Crippen LogP contribution in [0.4, 0.5) is 5.69 Å². The monoisotopic (exact) mass is 324 g/mol. The number of nitrogens with one attached hydrogen (secondary N) is 1. The van der Waals surface area contributed by atoms with E-state index in [0.29, 0.717) is 18.0 Å². The molecule has 0 heterocycles. The lowest BCUT2D eigenvalue weighted by Crippen LogP contribution is -2.16. The van der Waals surface area contributed by atoms with E-state index in [9.17, 15) is 19.7 Å². The number of benzene rings is 1. The number of hydrogen-bond acceptors (Lipinski definition) is 4. The molecule has 0 radical (unpaired) electrons. The molecule has 2 rings (SSSR count). The first kappa shape index (κ1) is 16.4. The van der Waals surface area contributed by atoms with E-state index in [4.69, 9.17) is 11.6 Å². The summed E-state index contributed by atoms with van der Waals surface area (Å²) in [5, 5.41) is 13.6. The lowest BCUT2D eigenvalue weighted by atomic mass is 10.0. The highest BCUT2D eigenvalue weighted by molar-refractivity contribution is 6.31. The normalized spacial score (nSPS) is 16.2. The quantitative estimate of drug-likeness (QED) is 0.493. The summed E-state index contributed by atoms with van der Waals surface area (Å²) in [6.07, 6.45) is 5.22. The predicted octanol–water partition coefficient (Wildman–Crippen LogP) is 3.38. The van der Waals surface area contributed by atoms with Crippen molar-refractivity contribution in [2.45, 2.75) is 38.1 Å². The van der Waals surface area contributed by atoms with Crippen LogP contribution >= 0.6 is 11.6 Å². The fourth-order valence-corrected chi connectivity index (χ4v) is 3.06. The Balaban J connectivity index is 2.03. The number of nitro groups is 1. The molecule has 0 aromatic heterocycles. The first-order chi connectivity index (χ1) is 10.5. The summed E-state index contributed by atoms with van der Waals surface area (Å²) in [7, 11) is 0. The third kappa shape index (κ3) is 4.04. The van der Waals surface area contributed by atoms with Gasteiger partial charge in [0.15, 0.2) is 6.29 Å². The zero-order valence-electron chi connectivity index (χ0n) is 12.0. The van der Waals surface area contributed by atoms with E-state index in [2.05, 4.69) is 5.32 Å². The molecule has 6 nitrogen and oxygen atoms in total. The van der Waals surface area contributed by atoms with Gasteiger partial charge in [0.05, 0.1) is 10.6 Å². The molecule has 1 unspecified atom stereocenters. The molecular formula is C15H17ClN2O4. The minimum absolute atomic E-state index is 0.0862.